The Hall–Kier alpha value is -0.840. The van der Waals surface area contributed by atoms with Gasteiger partial charge < -0.3 is 10.1 Å². The largest absolute Gasteiger partial charge is 0.487 e. The second-order valence-corrected chi connectivity index (χ2v) is 6.41. The van der Waals surface area contributed by atoms with E-state index in [-0.39, 0.29) is 0 Å². The van der Waals surface area contributed by atoms with Crippen molar-refractivity contribution in [3.63, 3.8) is 0 Å². The van der Waals surface area contributed by atoms with Gasteiger partial charge in [0, 0.05) is 16.3 Å². The first-order valence-corrected chi connectivity index (χ1v) is 7.97. The maximum absolute atomic E-state index is 5.86. The summed E-state index contributed by atoms with van der Waals surface area (Å²) in [6.07, 6.45) is 1.09. The molecule has 0 radical (unpaired) electrons. The lowest BCUT2D eigenvalue weighted by molar-refractivity contribution is 0.307. The SMILES string of the molecule is CCc1ccc(COc2ccc(CNC)cc2Br)s1. The Morgan fingerprint density at radius 1 is 1.21 bits per heavy atom. The van der Waals surface area contributed by atoms with Crippen LogP contribution in [0.25, 0.3) is 0 Å². The Bertz CT molecular complexity index is 539. The molecule has 0 aliphatic heterocycles. The summed E-state index contributed by atoms with van der Waals surface area (Å²) in [5.41, 5.74) is 1.24. The molecule has 2 aromatic rings. The van der Waals surface area contributed by atoms with Crippen LogP contribution in [-0.4, -0.2) is 7.05 Å². The Morgan fingerprint density at radius 2 is 2.00 bits per heavy atom. The van der Waals surface area contributed by atoms with Gasteiger partial charge in [-0.05, 0) is 59.2 Å². The third-order valence-electron chi connectivity index (χ3n) is 2.81. The molecule has 1 N–H and O–H groups in total. The predicted octanol–water partition coefficient (Wildman–Crippen LogP) is 4.37. The van der Waals surface area contributed by atoms with Crippen molar-refractivity contribution in [3.8, 4) is 5.75 Å². The van der Waals surface area contributed by atoms with Crippen molar-refractivity contribution >= 4 is 27.3 Å². The zero-order chi connectivity index (χ0) is 13.7. The van der Waals surface area contributed by atoms with Crippen LogP contribution in [0, 0.1) is 0 Å². The minimum Gasteiger partial charge on any atom is -0.487 e. The lowest BCUT2D eigenvalue weighted by Gasteiger charge is -2.09. The van der Waals surface area contributed by atoms with Gasteiger partial charge in [0.1, 0.15) is 12.4 Å². The van der Waals surface area contributed by atoms with Gasteiger partial charge in [-0.1, -0.05) is 13.0 Å². The number of halogens is 1. The highest BCUT2D eigenvalue weighted by Gasteiger charge is 2.04. The van der Waals surface area contributed by atoms with Crippen LogP contribution < -0.4 is 10.1 Å². The summed E-state index contributed by atoms with van der Waals surface area (Å²) in [4.78, 5) is 2.67. The number of thiophene rings is 1. The zero-order valence-corrected chi connectivity index (χ0v) is 13.6. The molecule has 0 atom stereocenters. The van der Waals surface area contributed by atoms with E-state index in [0.29, 0.717) is 6.61 Å². The normalized spacial score (nSPS) is 10.7. The topological polar surface area (TPSA) is 21.3 Å². The van der Waals surface area contributed by atoms with Crippen LogP contribution in [-0.2, 0) is 19.6 Å². The average molecular weight is 340 g/mol. The summed E-state index contributed by atoms with van der Waals surface area (Å²) in [7, 11) is 1.94. The lowest BCUT2D eigenvalue weighted by Crippen LogP contribution is -2.05. The first kappa shape index (κ1) is 14.6. The van der Waals surface area contributed by atoms with Crippen molar-refractivity contribution < 1.29 is 4.74 Å². The Labute approximate surface area is 126 Å². The Morgan fingerprint density at radius 3 is 2.63 bits per heavy atom. The molecule has 0 aliphatic rings. The first-order chi connectivity index (χ1) is 9.22. The molecule has 0 aliphatic carbocycles. The fraction of sp³-hybridized carbons (Fsp3) is 0.333. The van der Waals surface area contributed by atoms with Gasteiger partial charge in [0.2, 0.25) is 0 Å². The number of hydrogen-bond donors (Lipinski definition) is 1. The van der Waals surface area contributed by atoms with E-state index in [9.17, 15) is 0 Å². The van der Waals surface area contributed by atoms with Crippen LogP contribution in [0.5, 0.6) is 5.75 Å². The predicted molar refractivity (Wildman–Crippen MR) is 84.9 cm³/mol. The van der Waals surface area contributed by atoms with E-state index in [1.165, 1.54) is 15.3 Å². The molecule has 1 heterocycles. The van der Waals surface area contributed by atoms with E-state index in [1.54, 1.807) is 0 Å². The number of nitrogens with one attached hydrogen (secondary N) is 1. The van der Waals surface area contributed by atoms with Crippen LogP contribution in [0.3, 0.4) is 0 Å². The smallest absolute Gasteiger partial charge is 0.134 e. The molecule has 1 aromatic heterocycles. The monoisotopic (exact) mass is 339 g/mol. The molecule has 1 aromatic carbocycles. The van der Waals surface area contributed by atoms with Crippen LogP contribution in [0.15, 0.2) is 34.8 Å². The zero-order valence-electron chi connectivity index (χ0n) is 11.2. The quantitative estimate of drug-likeness (QED) is 0.843. The van der Waals surface area contributed by atoms with Gasteiger partial charge in [0.25, 0.3) is 0 Å². The fourth-order valence-corrected chi connectivity index (χ4v) is 3.23. The van der Waals surface area contributed by atoms with Crippen molar-refractivity contribution in [2.24, 2.45) is 0 Å². The number of benzene rings is 1. The number of hydrogen-bond acceptors (Lipinski definition) is 3. The molecule has 0 saturated heterocycles. The van der Waals surface area contributed by atoms with Crippen molar-refractivity contribution in [1.82, 2.24) is 5.32 Å². The van der Waals surface area contributed by atoms with Crippen LogP contribution in [0.4, 0.5) is 0 Å². The van der Waals surface area contributed by atoms with E-state index in [2.05, 4.69) is 52.4 Å². The summed E-state index contributed by atoms with van der Waals surface area (Å²) < 4.78 is 6.86. The molecule has 0 bridgehead atoms. The summed E-state index contributed by atoms with van der Waals surface area (Å²) in [6, 6.07) is 10.5. The van der Waals surface area contributed by atoms with Crippen molar-refractivity contribution in [2.75, 3.05) is 7.05 Å². The van der Waals surface area contributed by atoms with Gasteiger partial charge in [0.15, 0.2) is 0 Å². The highest BCUT2D eigenvalue weighted by molar-refractivity contribution is 9.10. The molecule has 0 saturated carbocycles. The number of rotatable bonds is 6. The Balaban J connectivity index is 1.99. The maximum Gasteiger partial charge on any atom is 0.134 e. The maximum atomic E-state index is 5.86. The molecule has 2 rings (SSSR count). The summed E-state index contributed by atoms with van der Waals surface area (Å²) >= 11 is 5.38. The lowest BCUT2D eigenvalue weighted by atomic mass is 10.2. The van der Waals surface area contributed by atoms with Gasteiger partial charge >= 0.3 is 0 Å². The average Bonchev–Trinajstić information content (AvgIpc) is 2.86. The highest BCUT2D eigenvalue weighted by Crippen LogP contribution is 2.27. The van der Waals surface area contributed by atoms with Crippen LogP contribution in [0.2, 0.25) is 0 Å². The van der Waals surface area contributed by atoms with Gasteiger partial charge in [-0.3, -0.25) is 0 Å². The summed E-state index contributed by atoms with van der Waals surface area (Å²) in [6.45, 7) is 3.67. The summed E-state index contributed by atoms with van der Waals surface area (Å²) in [5.74, 6) is 0.895. The third-order valence-corrected chi connectivity index (χ3v) is 4.64. The molecule has 0 spiro atoms. The van der Waals surface area contributed by atoms with E-state index >= 15 is 0 Å². The van der Waals surface area contributed by atoms with Crippen molar-refractivity contribution in [1.29, 1.82) is 0 Å². The molecule has 0 unspecified atom stereocenters. The first-order valence-electron chi connectivity index (χ1n) is 6.36. The standard InChI is InChI=1S/C15H18BrNOS/c1-3-12-5-6-13(19-12)10-18-15-7-4-11(9-17-2)8-14(15)16/h4-8,17H,3,9-10H2,1-2H3. The second kappa shape index (κ2) is 7.08. The van der Waals surface area contributed by atoms with Gasteiger partial charge in [0.05, 0.1) is 4.47 Å². The van der Waals surface area contributed by atoms with Crippen molar-refractivity contribution in [2.45, 2.75) is 26.5 Å². The van der Waals surface area contributed by atoms with E-state index in [1.807, 2.05) is 24.5 Å². The molecular weight excluding hydrogens is 322 g/mol. The number of ether oxygens (including phenoxy) is 1. The number of aryl methyl sites for hydroxylation is 1. The van der Waals surface area contributed by atoms with Gasteiger partial charge in [-0.25, -0.2) is 0 Å². The minimum atomic E-state index is 0.634. The molecule has 0 fully saturated rings. The van der Waals surface area contributed by atoms with Crippen LogP contribution in [0.1, 0.15) is 22.2 Å². The molecule has 2 nitrogen and oxygen atoms in total. The molecule has 102 valence electrons. The van der Waals surface area contributed by atoms with Gasteiger partial charge in [-0.2, -0.15) is 0 Å². The van der Waals surface area contributed by atoms with E-state index in [4.69, 9.17) is 4.74 Å². The molecule has 0 amide bonds. The van der Waals surface area contributed by atoms with Gasteiger partial charge in [-0.15, -0.1) is 11.3 Å². The molecular formula is C15H18BrNOS. The summed E-state index contributed by atoms with van der Waals surface area (Å²) in [5, 5.41) is 3.14. The third kappa shape index (κ3) is 4.06. The fourth-order valence-electron chi connectivity index (χ4n) is 1.81. The van der Waals surface area contributed by atoms with Crippen molar-refractivity contribution in [3.05, 3.63) is 50.1 Å². The minimum absolute atomic E-state index is 0.634. The Kier molecular flexibility index (Phi) is 5.43. The molecule has 4 heteroatoms. The van der Waals surface area contributed by atoms with E-state index in [0.717, 1.165) is 23.2 Å². The highest BCUT2D eigenvalue weighted by atomic mass is 79.9. The second-order valence-electron chi connectivity index (χ2n) is 4.31. The van der Waals surface area contributed by atoms with Crippen LogP contribution >= 0.6 is 27.3 Å². The molecule has 19 heavy (non-hydrogen) atoms. The van der Waals surface area contributed by atoms with E-state index < -0.39 is 0 Å².